The number of benzene rings is 1. The number of hydrogen-bond donors (Lipinski definition) is 1. The van der Waals surface area contributed by atoms with E-state index in [1.165, 1.54) is 5.56 Å². The Labute approximate surface area is 127 Å². The van der Waals surface area contributed by atoms with Crippen molar-refractivity contribution in [3.63, 3.8) is 0 Å². The first-order valence-electron chi connectivity index (χ1n) is 6.91. The molecule has 5 heteroatoms. The highest BCUT2D eigenvalue weighted by atomic mass is 35.5. The number of hydrogen-bond acceptors (Lipinski definition) is 2. The molecule has 1 rings (SSSR count). The lowest BCUT2D eigenvalue weighted by atomic mass is 10.2. The lowest BCUT2D eigenvalue weighted by Crippen LogP contribution is -2.41. The third kappa shape index (κ3) is 5.80. The molecular formula is C15H25ClN4. The standard InChI is InChI=1S/C15H25ClN4/c1-5-19(3)10-9-18-15(17-2)20(4)12-13-7-6-8-14(16)11-13/h6-8,11H,5,9-10,12H2,1-4H3,(H,17,18). The average molecular weight is 297 g/mol. The molecule has 0 aliphatic carbocycles. The lowest BCUT2D eigenvalue weighted by molar-refractivity contribution is 0.353. The van der Waals surface area contributed by atoms with Gasteiger partial charge in [-0.3, -0.25) is 4.99 Å². The van der Waals surface area contributed by atoms with Crippen LogP contribution < -0.4 is 5.32 Å². The molecule has 0 radical (unpaired) electrons. The smallest absolute Gasteiger partial charge is 0.193 e. The number of halogens is 1. The molecule has 1 N–H and O–H groups in total. The fourth-order valence-corrected chi connectivity index (χ4v) is 2.10. The second kappa shape index (κ2) is 8.82. The average Bonchev–Trinajstić information content (AvgIpc) is 2.43. The molecule has 1 aromatic carbocycles. The topological polar surface area (TPSA) is 30.9 Å². The van der Waals surface area contributed by atoms with E-state index in [2.05, 4.69) is 40.1 Å². The van der Waals surface area contributed by atoms with Crippen LogP contribution in [0.4, 0.5) is 0 Å². The largest absolute Gasteiger partial charge is 0.355 e. The molecule has 0 saturated heterocycles. The van der Waals surface area contributed by atoms with Gasteiger partial charge in [0.25, 0.3) is 0 Å². The highest BCUT2D eigenvalue weighted by Crippen LogP contribution is 2.12. The minimum atomic E-state index is 0.767. The molecule has 0 spiro atoms. The molecule has 0 amide bonds. The summed E-state index contributed by atoms with van der Waals surface area (Å²) in [6.07, 6.45) is 0. The number of nitrogens with one attached hydrogen (secondary N) is 1. The second-order valence-electron chi connectivity index (χ2n) is 4.86. The van der Waals surface area contributed by atoms with Crippen molar-refractivity contribution in [3.05, 3.63) is 34.9 Å². The first-order valence-corrected chi connectivity index (χ1v) is 7.29. The number of aliphatic imine (C=N–C) groups is 1. The Morgan fingerprint density at radius 1 is 1.35 bits per heavy atom. The summed E-state index contributed by atoms with van der Waals surface area (Å²) in [6.45, 7) is 5.88. The van der Waals surface area contributed by atoms with Gasteiger partial charge in [-0.2, -0.15) is 0 Å². The van der Waals surface area contributed by atoms with Crippen LogP contribution in [-0.2, 0) is 6.54 Å². The quantitative estimate of drug-likeness (QED) is 0.645. The van der Waals surface area contributed by atoms with Gasteiger partial charge in [-0.1, -0.05) is 30.7 Å². The van der Waals surface area contributed by atoms with Crippen molar-refractivity contribution in [1.29, 1.82) is 0 Å². The van der Waals surface area contributed by atoms with E-state index in [-0.39, 0.29) is 0 Å². The van der Waals surface area contributed by atoms with E-state index in [1.54, 1.807) is 7.05 Å². The van der Waals surface area contributed by atoms with Crippen molar-refractivity contribution in [1.82, 2.24) is 15.1 Å². The van der Waals surface area contributed by atoms with Crippen LogP contribution in [0, 0.1) is 0 Å². The number of likely N-dealkylation sites (N-methyl/N-ethyl adjacent to an activating group) is 1. The first-order chi connectivity index (χ1) is 9.56. The molecule has 1 aromatic rings. The maximum atomic E-state index is 6.01. The van der Waals surface area contributed by atoms with E-state index in [0.29, 0.717) is 0 Å². The molecule has 0 aliphatic heterocycles. The van der Waals surface area contributed by atoms with Crippen LogP contribution in [0.2, 0.25) is 5.02 Å². The summed E-state index contributed by atoms with van der Waals surface area (Å²) >= 11 is 6.01. The number of rotatable bonds is 6. The Balaban J connectivity index is 2.49. The summed E-state index contributed by atoms with van der Waals surface area (Å²) in [6, 6.07) is 7.91. The maximum Gasteiger partial charge on any atom is 0.193 e. The van der Waals surface area contributed by atoms with Gasteiger partial charge in [0.2, 0.25) is 0 Å². The van der Waals surface area contributed by atoms with Gasteiger partial charge >= 0.3 is 0 Å². The summed E-state index contributed by atoms with van der Waals surface area (Å²) in [5.74, 6) is 0.898. The van der Waals surface area contributed by atoms with Crippen molar-refractivity contribution in [3.8, 4) is 0 Å². The summed E-state index contributed by atoms with van der Waals surface area (Å²) in [5, 5.41) is 4.14. The fourth-order valence-electron chi connectivity index (χ4n) is 1.89. The van der Waals surface area contributed by atoms with E-state index >= 15 is 0 Å². The number of nitrogens with zero attached hydrogens (tertiary/aromatic N) is 3. The summed E-state index contributed by atoms with van der Waals surface area (Å²) in [7, 11) is 5.94. The third-order valence-corrected chi connectivity index (χ3v) is 3.43. The van der Waals surface area contributed by atoms with Crippen LogP contribution in [0.1, 0.15) is 12.5 Å². The lowest BCUT2D eigenvalue weighted by Gasteiger charge is -2.23. The molecule has 0 aliphatic rings. The molecule has 0 saturated carbocycles. The van der Waals surface area contributed by atoms with Gasteiger partial charge in [0.05, 0.1) is 0 Å². The highest BCUT2D eigenvalue weighted by molar-refractivity contribution is 6.30. The molecule has 4 nitrogen and oxygen atoms in total. The molecule has 0 aromatic heterocycles. The Bertz CT molecular complexity index is 434. The Hall–Kier alpha value is -1.26. The van der Waals surface area contributed by atoms with E-state index in [4.69, 9.17) is 11.6 Å². The molecule has 0 atom stereocenters. The second-order valence-corrected chi connectivity index (χ2v) is 5.29. The van der Waals surface area contributed by atoms with Crippen LogP contribution in [0.25, 0.3) is 0 Å². The van der Waals surface area contributed by atoms with Crippen LogP contribution in [-0.4, -0.2) is 56.5 Å². The Morgan fingerprint density at radius 2 is 2.10 bits per heavy atom. The van der Waals surface area contributed by atoms with Gasteiger partial charge in [-0.25, -0.2) is 0 Å². The Morgan fingerprint density at radius 3 is 2.70 bits per heavy atom. The maximum absolute atomic E-state index is 6.01. The van der Waals surface area contributed by atoms with E-state index in [1.807, 2.05) is 25.2 Å². The zero-order valence-electron chi connectivity index (χ0n) is 12.9. The molecule has 0 bridgehead atoms. The molecule has 0 heterocycles. The predicted octanol–water partition coefficient (Wildman–Crippen LogP) is 2.30. The normalized spacial score (nSPS) is 11.8. The van der Waals surface area contributed by atoms with E-state index < -0.39 is 0 Å². The minimum absolute atomic E-state index is 0.767. The van der Waals surface area contributed by atoms with Gasteiger partial charge < -0.3 is 15.1 Å². The van der Waals surface area contributed by atoms with E-state index in [9.17, 15) is 0 Å². The van der Waals surface area contributed by atoms with Crippen molar-refractivity contribution in [2.75, 3.05) is 40.8 Å². The highest BCUT2D eigenvalue weighted by Gasteiger charge is 2.06. The summed E-state index contributed by atoms with van der Waals surface area (Å²) in [4.78, 5) is 8.67. The van der Waals surface area contributed by atoms with Crippen molar-refractivity contribution in [2.24, 2.45) is 4.99 Å². The molecule has 112 valence electrons. The minimum Gasteiger partial charge on any atom is -0.355 e. The molecule has 20 heavy (non-hydrogen) atoms. The van der Waals surface area contributed by atoms with Crippen molar-refractivity contribution in [2.45, 2.75) is 13.5 Å². The monoisotopic (exact) mass is 296 g/mol. The van der Waals surface area contributed by atoms with Gasteiger partial charge in [0.1, 0.15) is 0 Å². The third-order valence-electron chi connectivity index (χ3n) is 3.20. The van der Waals surface area contributed by atoms with Crippen molar-refractivity contribution >= 4 is 17.6 Å². The number of guanidine groups is 1. The van der Waals surface area contributed by atoms with Crippen LogP contribution >= 0.6 is 11.6 Å². The predicted molar refractivity (Wildman–Crippen MR) is 87.5 cm³/mol. The van der Waals surface area contributed by atoms with E-state index in [0.717, 1.165) is 37.2 Å². The van der Waals surface area contributed by atoms with Gasteiger partial charge in [-0.05, 0) is 31.3 Å². The molecular weight excluding hydrogens is 272 g/mol. The van der Waals surface area contributed by atoms with Gasteiger partial charge in [0, 0.05) is 38.8 Å². The molecule has 0 fully saturated rings. The van der Waals surface area contributed by atoms with Crippen molar-refractivity contribution < 1.29 is 0 Å². The van der Waals surface area contributed by atoms with Crippen LogP contribution in [0.3, 0.4) is 0 Å². The summed E-state index contributed by atoms with van der Waals surface area (Å²) in [5.41, 5.74) is 1.17. The summed E-state index contributed by atoms with van der Waals surface area (Å²) < 4.78 is 0. The van der Waals surface area contributed by atoms with Gasteiger partial charge in [-0.15, -0.1) is 0 Å². The van der Waals surface area contributed by atoms with Gasteiger partial charge in [0.15, 0.2) is 5.96 Å². The SMILES string of the molecule is CCN(C)CCNC(=NC)N(C)Cc1cccc(Cl)c1. The van der Waals surface area contributed by atoms with Crippen LogP contribution in [0.15, 0.2) is 29.3 Å². The molecule has 0 unspecified atom stereocenters. The zero-order chi connectivity index (χ0) is 15.0. The van der Waals surface area contributed by atoms with Crippen LogP contribution in [0.5, 0.6) is 0 Å². The zero-order valence-corrected chi connectivity index (χ0v) is 13.6. The first kappa shape index (κ1) is 16.8. The Kier molecular flexibility index (Phi) is 7.41. The fraction of sp³-hybridized carbons (Fsp3) is 0.533.